The molecule has 1 amide bonds. The molecule has 1 aliphatic rings. The lowest BCUT2D eigenvalue weighted by molar-refractivity contribution is 0.0983. The first kappa shape index (κ1) is 21.1. The van der Waals surface area contributed by atoms with Crippen LogP contribution >= 0.6 is 0 Å². The lowest BCUT2D eigenvalue weighted by atomic mass is 10.0. The van der Waals surface area contributed by atoms with E-state index < -0.39 is 15.9 Å². The van der Waals surface area contributed by atoms with Crippen LogP contribution in [0.5, 0.6) is 5.75 Å². The number of sulfone groups is 1. The molecule has 3 rings (SSSR count). The Balaban J connectivity index is 1.94. The molecule has 5 nitrogen and oxygen atoms in total. The Kier molecular flexibility index (Phi) is 6.13. The smallest absolute Gasteiger partial charge is 0.258 e. The maximum Gasteiger partial charge on any atom is 0.258 e. The maximum absolute atomic E-state index is 13.4. The highest BCUT2D eigenvalue weighted by Gasteiger charge is 2.32. The van der Waals surface area contributed by atoms with Crippen LogP contribution in [0.2, 0.25) is 0 Å². The molecule has 6 heteroatoms. The molecule has 0 aromatic heterocycles. The molecule has 1 aliphatic heterocycles. The topological polar surface area (TPSA) is 63.7 Å². The number of nitrogens with zero attached hydrogens (tertiary/aromatic N) is 1. The molecular formula is C23H27NO4S. The summed E-state index contributed by atoms with van der Waals surface area (Å²) in [6, 6.07) is 14.1. The van der Waals surface area contributed by atoms with Crippen molar-refractivity contribution in [3.8, 4) is 5.75 Å². The number of hydrogen-bond acceptors (Lipinski definition) is 4. The van der Waals surface area contributed by atoms with E-state index in [1.54, 1.807) is 35.2 Å². The summed E-state index contributed by atoms with van der Waals surface area (Å²) in [6.45, 7) is 8.08. The molecule has 0 saturated heterocycles. The number of amides is 1. The second-order valence-electron chi connectivity index (χ2n) is 7.84. The predicted molar refractivity (Wildman–Crippen MR) is 116 cm³/mol. The SMILES string of the molecule is CC(C)Oc1ccc(C(=O)N(c2ccc(C(C)C)cc2)C2C=CS(=O)(=O)C2)cc1. The summed E-state index contributed by atoms with van der Waals surface area (Å²) in [7, 11) is -3.30. The van der Waals surface area contributed by atoms with Crippen molar-refractivity contribution in [2.75, 3.05) is 10.7 Å². The Morgan fingerprint density at radius 2 is 1.62 bits per heavy atom. The van der Waals surface area contributed by atoms with Crippen molar-refractivity contribution in [1.82, 2.24) is 0 Å². The molecule has 1 heterocycles. The van der Waals surface area contributed by atoms with Gasteiger partial charge in [0.1, 0.15) is 5.75 Å². The van der Waals surface area contributed by atoms with E-state index in [1.807, 2.05) is 38.1 Å². The van der Waals surface area contributed by atoms with Crippen molar-refractivity contribution < 1.29 is 17.9 Å². The minimum absolute atomic E-state index is 0.0429. The predicted octanol–water partition coefficient (Wildman–Crippen LogP) is 4.55. The first-order valence-corrected chi connectivity index (χ1v) is 11.5. The van der Waals surface area contributed by atoms with Crippen LogP contribution in [0, 0.1) is 0 Å². The molecule has 0 fully saturated rings. The summed E-state index contributed by atoms with van der Waals surface area (Å²) in [4.78, 5) is 14.9. The average molecular weight is 414 g/mol. The van der Waals surface area contributed by atoms with Gasteiger partial charge in [-0.25, -0.2) is 8.42 Å². The number of benzene rings is 2. The monoisotopic (exact) mass is 413 g/mol. The number of carbonyl (C=O) groups excluding carboxylic acids is 1. The van der Waals surface area contributed by atoms with Gasteiger partial charge in [0.05, 0.1) is 17.9 Å². The molecule has 29 heavy (non-hydrogen) atoms. The molecule has 0 saturated carbocycles. The van der Waals surface area contributed by atoms with E-state index in [0.717, 1.165) is 5.56 Å². The normalized spacial score (nSPS) is 17.7. The standard InChI is InChI=1S/C23H27NO4S/c1-16(2)18-5-9-20(10-6-18)24(21-13-14-29(26,27)15-21)23(25)19-7-11-22(12-8-19)28-17(3)4/h5-14,16-17,21H,15H2,1-4H3. The van der Waals surface area contributed by atoms with Gasteiger partial charge in [-0.1, -0.05) is 26.0 Å². The molecule has 0 spiro atoms. The average Bonchev–Trinajstić information content (AvgIpc) is 3.01. The van der Waals surface area contributed by atoms with Crippen LogP contribution in [0.15, 0.2) is 60.0 Å². The van der Waals surface area contributed by atoms with Gasteiger partial charge in [0.15, 0.2) is 9.84 Å². The van der Waals surface area contributed by atoms with E-state index in [2.05, 4.69) is 13.8 Å². The molecular weight excluding hydrogens is 386 g/mol. The van der Waals surface area contributed by atoms with Crippen LogP contribution < -0.4 is 9.64 Å². The summed E-state index contributed by atoms with van der Waals surface area (Å²) < 4.78 is 29.6. The van der Waals surface area contributed by atoms with Gasteiger partial charge in [-0.3, -0.25) is 4.79 Å². The third kappa shape index (κ3) is 5.07. The summed E-state index contributed by atoms with van der Waals surface area (Å²) in [5.41, 5.74) is 2.31. The van der Waals surface area contributed by atoms with Crippen LogP contribution in [-0.4, -0.2) is 32.2 Å². The summed E-state index contributed by atoms with van der Waals surface area (Å²) >= 11 is 0. The van der Waals surface area contributed by atoms with Crippen molar-refractivity contribution in [3.05, 3.63) is 71.1 Å². The zero-order chi connectivity index (χ0) is 21.2. The van der Waals surface area contributed by atoms with E-state index in [-0.39, 0.29) is 17.8 Å². The van der Waals surface area contributed by atoms with Gasteiger partial charge in [0, 0.05) is 16.7 Å². The first-order chi connectivity index (χ1) is 13.7. The van der Waals surface area contributed by atoms with E-state index in [9.17, 15) is 13.2 Å². The van der Waals surface area contributed by atoms with Gasteiger partial charge < -0.3 is 9.64 Å². The molecule has 154 valence electrons. The lowest BCUT2D eigenvalue weighted by Crippen LogP contribution is -2.41. The molecule has 2 aromatic carbocycles. The number of rotatable bonds is 6. The zero-order valence-electron chi connectivity index (χ0n) is 17.2. The van der Waals surface area contributed by atoms with E-state index in [1.165, 1.54) is 5.41 Å². The Labute approximate surface area is 172 Å². The van der Waals surface area contributed by atoms with Gasteiger partial charge in [0.25, 0.3) is 5.91 Å². The van der Waals surface area contributed by atoms with Crippen LogP contribution in [-0.2, 0) is 9.84 Å². The lowest BCUT2D eigenvalue weighted by Gasteiger charge is -2.28. The minimum atomic E-state index is -3.30. The van der Waals surface area contributed by atoms with Crippen molar-refractivity contribution >= 4 is 21.4 Å². The molecule has 1 atom stereocenters. The molecule has 0 N–H and O–H groups in total. The molecule has 1 unspecified atom stereocenters. The van der Waals surface area contributed by atoms with Gasteiger partial charge in [-0.2, -0.15) is 0 Å². The van der Waals surface area contributed by atoms with Crippen LogP contribution in [0.25, 0.3) is 0 Å². The summed E-state index contributed by atoms with van der Waals surface area (Å²) in [5.74, 6) is 0.700. The molecule has 0 bridgehead atoms. The van der Waals surface area contributed by atoms with Gasteiger partial charge in [0.2, 0.25) is 0 Å². The highest BCUT2D eigenvalue weighted by atomic mass is 32.2. The Morgan fingerprint density at radius 1 is 1.00 bits per heavy atom. The number of anilines is 1. The van der Waals surface area contributed by atoms with Gasteiger partial charge in [-0.05, 0) is 67.8 Å². The first-order valence-electron chi connectivity index (χ1n) is 9.77. The quantitative estimate of drug-likeness (QED) is 0.697. The van der Waals surface area contributed by atoms with Crippen molar-refractivity contribution in [1.29, 1.82) is 0 Å². The largest absolute Gasteiger partial charge is 0.491 e. The van der Waals surface area contributed by atoms with Crippen LogP contribution in [0.4, 0.5) is 5.69 Å². The van der Waals surface area contributed by atoms with E-state index >= 15 is 0 Å². The minimum Gasteiger partial charge on any atom is -0.491 e. The van der Waals surface area contributed by atoms with Crippen LogP contribution in [0.1, 0.15) is 49.5 Å². The third-order valence-corrected chi connectivity index (χ3v) is 6.15. The second-order valence-corrected chi connectivity index (χ2v) is 9.77. The second kappa shape index (κ2) is 8.41. The van der Waals surface area contributed by atoms with Crippen molar-refractivity contribution in [2.24, 2.45) is 0 Å². The highest BCUT2D eigenvalue weighted by molar-refractivity contribution is 7.94. The number of ether oxygens (including phenoxy) is 1. The van der Waals surface area contributed by atoms with Crippen molar-refractivity contribution in [2.45, 2.75) is 45.8 Å². The Morgan fingerprint density at radius 3 is 2.10 bits per heavy atom. The van der Waals surface area contributed by atoms with Gasteiger partial charge in [-0.15, -0.1) is 0 Å². The molecule has 0 radical (unpaired) electrons. The molecule has 2 aromatic rings. The fraction of sp³-hybridized carbons (Fsp3) is 0.348. The Bertz CT molecular complexity index is 990. The fourth-order valence-electron chi connectivity index (χ4n) is 3.29. The Hall–Kier alpha value is -2.60. The van der Waals surface area contributed by atoms with Crippen molar-refractivity contribution in [3.63, 3.8) is 0 Å². The number of carbonyl (C=O) groups is 1. The fourth-order valence-corrected chi connectivity index (χ4v) is 4.55. The summed E-state index contributed by atoms with van der Waals surface area (Å²) in [6.07, 6.45) is 1.63. The van der Waals surface area contributed by atoms with E-state index in [4.69, 9.17) is 4.74 Å². The zero-order valence-corrected chi connectivity index (χ0v) is 18.0. The maximum atomic E-state index is 13.4. The van der Waals surface area contributed by atoms with Crippen LogP contribution in [0.3, 0.4) is 0 Å². The summed E-state index contributed by atoms with van der Waals surface area (Å²) in [5, 5.41) is 1.19. The van der Waals surface area contributed by atoms with E-state index in [0.29, 0.717) is 22.9 Å². The number of hydrogen-bond donors (Lipinski definition) is 0. The highest BCUT2D eigenvalue weighted by Crippen LogP contribution is 2.27. The van der Waals surface area contributed by atoms with Gasteiger partial charge >= 0.3 is 0 Å². The third-order valence-electron chi connectivity index (χ3n) is 4.77. The molecule has 0 aliphatic carbocycles.